The number of benzene rings is 1. The van der Waals surface area contributed by atoms with E-state index in [0.717, 1.165) is 28.4 Å². The van der Waals surface area contributed by atoms with Crippen molar-refractivity contribution in [1.29, 1.82) is 0 Å². The minimum Gasteiger partial charge on any atom is -0.497 e. The van der Waals surface area contributed by atoms with Gasteiger partial charge in [-0.25, -0.2) is 4.79 Å². The molecule has 2 heterocycles. The van der Waals surface area contributed by atoms with Crippen molar-refractivity contribution in [3.8, 4) is 5.75 Å². The Labute approximate surface area is 161 Å². The molecular formula is C21H24N4O3. The summed E-state index contributed by atoms with van der Waals surface area (Å²) >= 11 is 0. The Hall–Kier alpha value is -3.09. The Kier molecular flexibility index (Phi) is 4.45. The number of hydrogen-bond acceptors (Lipinski definition) is 4. The molecule has 0 bridgehead atoms. The fraction of sp³-hybridized carbons (Fsp3) is 0.381. The number of H-pyrrole nitrogens is 2. The number of nitrogens with zero attached hydrogens (tertiary/aromatic N) is 2. The van der Waals surface area contributed by atoms with Crippen molar-refractivity contribution in [2.24, 2.45) is 16.9 Å². The molecule has 1 aromatic carbocycles. The maximum absolute atomic E-state index is 12.9. The van der Waals surface area contributed by atoms with Gasteiger partial charge in [-0.3, -0.25) is 4.79 Å². The van der Waals surface area contributed by atoms with E-state index in [1.54, 1.807) is 25.5 Å². The minimum absolute atomic E-state index is 0.206. The Morgan fingerprint density at radius 3 is 2.64 bits per heavy atom. The van der Waals surface area contributed by atoms with E-state index in [0.29, 0.717) is 22.7 Å². The summed E-state index contributed by atoms with van der Waals surface area (Å²) < 4.78 is 6.15. The van der Waals surface area contributed by atoms with Gasteiger partial charge in [0.15, 0.2) is 0 Å². The van der Waals surface area contributed by atoms with Crippen molar-refractivity contribution in [3.63, 3.8) is 0 Å². The number of methoxy groups -OCH3 is 1. The summed E-state index contributed by atoms with van der Waals surface area (Å²) in [6, 6.07) is 5.41. The quantitative estimate of drug-likeness (QED) is 0.539. The van der Waals surface area contributed by atoms with Crippen LogP contribution in [-0.2, 0) is 0 Å². The second-order valence-electron chi connectivity index (χ2n) is 7.71. The molecule has 0 saturated heterocycles. The smallest absolute Gasteiger partial charge is 0.350 e. The predicted molar refractivity (Wildman–Crippen MR) is 111 cm³/mol. The van der Waals surface area contributed by atoms with Crippen LogP contribution in [0.1, 0.15) is 33.6 Å². The topological polar surface area (TPSA) is 92.2 Å². The highest BCUT2D eigenvalue weighted by Gasteiger charge is 2.22. The largest absolute Gasteiger partial charge is 0.497 e. The molecule has 3 aromatic rings. The molecule has 28 heavy (non-hydrogen) atoms. The molecule has 1 aliphatic carbocycles. The molecule has 0 aliphatic heterocycles. The Morgan fingerprint density at radius 2 is 1.89 bits per heavy atom. The van der Waals surface area contributed by atoms with Crippen LogP contribution in [0.15, 0.2) is 44.0 Å². The van der Waals surface area contributed by atoms with Crippen LogP contribution >= 0.6 is 0 Å². The molecular weight excluding hydrogens is 356 g/mol. The van der Waals surface area contributed by atoms with Crippen molar-refractivity contribution >= 4 is 28.2 Å². The van der Waals surface area contributed by atoms with E-state index in [-0.39, 0.29) is 5.92 Å². The number of allylic oxidation sites excluding steroid dienone is 2. The van der Waals surface area contributed by atoms with E-state index in [4.69, 9.17) is 4.74 Å². The number of nitrogens with one attached hydrogen (secondary N) is 2. The van der Waals surface area contributed by atoms with Gasteiger partial charge < -0.3 is 14.7 Å². The highest BCUT2D eigenvalue weighted by atomic mass is 16.5. The fourth-order valence-electron chi connectivity index (χ4n) is 3.94. The average molecular weight is 380 g/mol. The highest BCUT2D eigenvalue weighted by Crippen LogP contribution is 2.32. The molecule has 2 aromatic heterocycles. The molecule has 7 nitrogen and oxygen atoms in total. The van der Waals surface area contributed by atoms with Gasteiger partial charge in [0, 0.05) is 23.0 Å². The zero-order valence-electron chi connectivity index (χ0n) is 16.5. The molecule has 0 spiro atoms. The molecule has 0 amide bonds. The maximum Gasteiger partial charge on any atom is 0.350 e. The number of ether oxygens (including phenoxy) is 1. The molecule has 0 saturated carbocycles. The van der Waals surface area contributed by atoms with Crippen molar-refractivity contribution in [2.45, 2.75) is 33.6 Å². The van der Waals surface area contributed by atoms with E-state index < -0.39 is 11.2 Å². The van der Waals surface area contributed by atoms with Crippen LogP contribution < -0.4 is 16.0 Å². The maximum atomic E-state index is 12.9. The van der Waals surface area contributed by atoms with Crippen molar-refractivity contribution in [3.05, 3.63) is 50.2 Å². The lowest BCUT2D eigenvalue weighted by molar-refractivity contribution is 0.415. The highest BCUT2D eigenvalue weighted by molar-refractivity contribution is 6.04. The standard InChI is InChI=1S/C21H24N4O3/c1-11-7-13(3)14(8-12(11)2)10-22-25-20(26)19-18(24-21(25)27)16-9-15(28-4)5-6-17(16)23-19/h5-6,9-10,13-14,23H,7-8H2,1-4H3,(H,24,27)/b22-10+/t13-,14-/m0/s1. The monoisotopic (exact) mass is 380 g/mol. The van der Waals surface area contributed by atoms with Gasteiger partial charge in [0.1, 0.15) is 11.3 Å². The van der Waals surface area contributed by atoms with Gasteiger partial charge in [-0.15, -0.1) is 4.68 Å². The summed E-state index contributed by atoms with van der Waals surface area (Å²) in [5.41, 5.74) is 3.31. The number of aromatic nitrogens is 3. The number of aromatic amines is 2. The van der Waals surface area contributed by atoms with E-state index in [9.17, 15) is 9.59 Å². The van der Waals surface area contributed by atoms with Gasteiger partial charge >= 0.3 is 11.2 Å². The molecule has 2 atom stereocenters. The van der Waals surface area contributed by atoms with Crippen LogP contribution in [0.3, 0.4) is 0 Å². The lowest BCUT2D eigenvalue weighted by atomic mass is 9.78. The number of fused-ring (bicyclic) bond motifs is 3. The van der Waals surface area contributed by atoms with E-state index in [1.807, 2.05) is 6.07 Å². The molecule has 4 rings (SSSR count). The molecule has 2 N–H and O–H groups in total. The van der Waals surface area contributed by atoms with Gasteiger partial charge in [-0.2, -0.15) is 5.10 Å². The second-order valence-corrected chi connectivity index (χ2v) is 7.71. The molecule has 0 unspecified atom stereocenters. The first kappa shape index (κ1) is 18.3. The van der Waals surface area contributed by atoms with Crippen LogP contribution in [-0.4, -0.2) is 28.0 Å². The van der Waals surface area contributed by atoms with Crippen LogP contribution in [0.2, 0.25) is 0 Å². The second kappa shape index (κ2) is 6.82. The van der Waals surface area contributed by atoms with Crippen LogP contribution in [0.25, 0.3) is 21.9 Å². The SMILES string of the molecule is COc1ccc2[nH]c3c(=O)n(/N=C/[C@@H]4CC(C)=C(C)C[C@@H]4C)c(=O)[nH]c3c2c1. The molecule has 146 valence electrons. The third-order valence-electron chi connectivity index (χ3n) is 5.84. The molecule has 0 fully saturated rings. The lowest BCUT2D eigenvalue weighted by Gasteiger charge is -2.27. The Morgan fingerprint density at radius 1 is 1.14 bits per heavy atom. The van der Waals surface area contributed by atoms with E-state index >= 15 is 0 Å². The zero-order chi connectivity index (χ0) is 20.0. The van der Waals surface area contributed by atoms with Crippen LogP contribution in [0, 0.1) is 11.8 Å². The third kappa shape index (κ3) is 2.96. The first-order valence-corrected chi connectivity index (χ1v) is 9.43. The number of hydrogen-bond donors (Lipinski definition) is 2. The fourth-order valence-corrected chi connectivity index (χ4v) is 3.94. The third-order valence-corrected chi connectivity index (χ3v) is 5.84. The summed E-state index contributed by atoms with van der Waals surface area (Å²) in [4.78, 5) is 31.3. The van der Waals surface area contributed by atoms with Crippen LogP contribution in [0.5, 0.6) is 5.75 Å². The average Bonchev–Trinajstić information content (AvgIpc) is 3.03. The first-order chi connectivity index (χ1) is 13.4. The summed E-state index contributed by atoms with van der Waals surface area (Å²) in [6.45, 7) is 6.47. The van der Waals surface area contributed by atoms with Gasteiger partial charge in [0.2, 0.25) is 0 Å². The summed E-state index contributed by atoms with van der Waals surface area (Å²) in [5.74, 6) is 1.28. The first-order valence-electron chi connectivity index (χ1n) is 9.43. The van der Waals surface area contributed by atoms with E-state index in [1.165, 1.54) is 11.1 Å². The van der Waals surface area contributed by atoms with Crippen molar-refractivity contribution in [2.75, 3.05) is 7.11 Å². The Balaban J connectivity index is 1.79. The molecule has 7 heteroatoms. The number of rotatable bonds is 3. The predicted octanol–water partition coefficient (Wildman–Crippen LogP) is 3.40. The zero-order valence-corrected chi connectivity index (χ0v) is 16.5. The summed E-state index contributed by atoms with van der Waals surface area (Å²) in [6.07, 6.45) is 3.66. The van der Waals surface area contributed by atoms with Gasteiger partial charge in [0.25, 0.3) is 0 Å². The normalized spacial score (nSPS) is 20.6. The minimum atomic E-state index is -0.552. The molecule has 0 radical (unpaired) electrons. The van der Waals surface area contributed by atoms with E-state index in [2.05, 4.69) is 35.8 Å². The molecule has 1 aliphatic rings. The van der Waals surface area contributed by atoms with Gasteiger partial charge in [-0.1, -0.05) is 18.1 Å². The van der Waals surface area contributed by atoms with Crippen molar-refractivity contribution < 1.29 is 4.74 Å². The summed E-state index contributed by atoms with van der Waals surface area (Å²) in [7, 11) is 1.57. The lowest BCUT2D eigenvalue weighted by Crippen LogP contribution is -2.33. The van der Waals surface area contributed by atoms with Crippen molar-refractivity contribution in [1.82, 2.24) is 14.6 Å². The van der Waals surface area contributed by atoms with Crippen LogP contribution in [0.4, 0.5) is 0 Å². The van der Waals surface area contributed by atoms with Gasteiger partial charge in [0.05, 0.1) is 12.6 Å². The Bertz CT molecular complexity index is 1240. The summed E-state index contributed by atoms with van der Waals surface area (Å²) in [5, 5.41) is 4.99. The van der Waals surface area contributed by atoms with Gasteiger partial charge in [-0.05, 0) is 50.8 Å².